The van der Waals surface area contributed by atoms with Crippen LogP contribution in [0.25, 0.3) is 6.08 Å². The Labute approximate surface area is 159 Å². The minimum absolute atomic E-state index is 0.128. The smallest absolute Gasteiger partial charge is 0.243 e. The lowest BCUT2D eigenvalue weighted by Crippen LogP contribution is -2.30. The van der Waals surface area contributed by atoms with Crippen molar-refractivity contribution >= 4 is 21.9 Å². The van der Waals surface area contributed by atoms with Gasteiger partial charge in [-0.2, -0.15) is 4.31 Å². The molecule has 0 amide bonds. The fraction of sp³-hybridized carbons (Fsp3) is 0.250. The van der Waals surface area contributed by atoms with Gasteiger partial charge in [-0.15, -0.1) is 0 Å². The molecule has 0 saturated heterocycles. The molecule has 0 radical (unpaired) electrons. The molecule has 0 aromatic heterocycles. The summed E-state index contributed by atoms with van der Waals surface area (Å²) in [4.78, 5) is 12.4. The van der Waals surface area contributed by atoms with E-state index >= 15 is 0 Å². The minimum atomic E-state index is -3.56. The van der Waals surface area contributed by atoms with E-state index in [0.29, 0.717) is 24.2 Å². The SMILES string of the molecule is CCN(CC)S(=O)(=O)c1ccc(C(=O)/C=C/c2ccc(OC)c(F)c2)cc1. The molecular weight excluding hydrogens is 369 g/mol. The third kappa shape index (κ3) is 4.81. The molecule has 0 unspecified atom stereocenters. The van der Waals surface area contributed by atoms with Crippen molar-refractivity contribution in [1.82, 2.24) is 4.31 Å². The van der Waals surface area contributed by atoms with Crippen molar-refractivity contribution < 1.29 is 22.3 Å². The van der Waals surface area contributed by atoms with Crippen molar-refractivity contribution in [2.75, 3.05) is 20.2 Å². The van der Waals surface area contributed by atoms with Crippen LogP contribution in [-0.2, 0) is 10.0 Å². The van der Waals surface area contributed by atoms with Crippen molar-refractivity contribution in [1.29, 1.82) is 0 Å². The maximum Gasteiger partial charge on any atom is 0.243 e. The maximum atomic E-state index is 13.7. The normalized spacial score (nSPS) is 11.9. The maximum absolute atomic E-state index is 13.7. The number of nitrogens with zero attached hydrogens (tertiary/aromatic N) is 1. The van der Waals surface area contributed by atoms with Gasteiger partial charge in [-0.25, -0.2) is 12.8 Å². The van der Waals surface area contributed by atoms with E-state index in [4.69, 9.17) is 4.74 Å². The van der Waals surface area contributed by atoms with Gasteiger partial charge in [0.1, 0.15) is 0 Å². The Hall–Kier alpha value is -2.51. The van der Waals surface area contributed by atoms with Crippen molar-refractivity contribution in [2.45, 2.75) is 18.7 Å². The monoisotopic (exact) mass is 391 g/mol. The van der Waals surface area contributed by atoms with Crippen LogP contribution in [0.15, 0.2) is 53.4 Å². The number of hydrogen-bond acceptors (Lipinski definition) is 4. The number of methoxy groups -OCH3 is 1. The zero-order chi connectivity index (χ0) is 20.0. The summed E-state index contributed by atoms with van der Waals surface area (Å²) in [6, 6.07) is 10.2. The molecule has 0 N–H and O–H groups in total. The van der Waals surface area contributed by atoms with E-state index in [2.05, 4.69) is 0 Å². The molecule has 7 heteroatoms. The molecule has 5 nitrogen and oxygen atoms in total. The highest BCUT2D eigenvalue weighted by molar-refractivity contribution is 7.89. The zero-order valence-electron chi connectivity index (χ0n) is 15.5. The number of sulfonamides is 1. The summed E-state index contributed by atoms with van der Waals surface area (Å²) in [5, 5.41) is 0. The molecule has 2 aromatic carbocycles. The summed E-state index contributed by atoms with van der Waals surface area (Å²) < 4.78 is 44.8. The van der Waals surface area contributed by atoms with Gasteiger partial charge >= 0.3 is 0 Å². The van der Waals surface area contributed by atoms with Crippen molar-refractivity contribution in [2.24, 2.45) is 0 Å². The number of halogens is 1. The highest BCUT2D eigenvalue weighted by Crippen LogP contribution is 2.19. The fourth-order valence-corrected chi connectivity index (χ4v) is 4.02. The lowest BCUT2D eigenvalue weighted by Gasteiger charge is -2.18. The molecule has 0 spiro atoms. The highest BCUT2D eigenvalue weighted by atomic mass is 32.2. The topological polar surface area (TPSA) is 63.7 Å². The first kappa shape index (κ1) is 20.8. The predicted octanol–water partition coefficient (Wildman–Crippen LogP) is 3.76. The highest BCUT2D eigenvalue weighted by Gasteiger charge is 2.21. The molecule has 0 aliphatic carbocycles. The summed E-state index contributed by atoms with van der Waals surface area (Å²) in [6.45, 7) is 4.29. The summed E-state index contributed by atoms with van der Waals surface area (Å²) in [6.07, 6.45) is 2.81. The van der Waals surface area contributed by atoms with Gasteiger partial charge in [0.15, 0.2) is 17.3 Å². The summed E-state index contributed by atoms with van der Waals surface area (Å²) in [7, 11) is -2.18. The largest absolute Gasteiger partial charge is 0.494 e. The van der Waals surface area contributed by atoms with E-state index in [-0.39, 0.29) is 16.4 Å². The lowest BCUT2D eigenvalue weighted by atomic mass is 10.1. The van der Waals surface area contributed by atoms with E-state index in [1.807, 2.05) is 0 Å². The van der Waals surface area contributed by atoms with E-state index in [1.165, 1.54) is 60.0 Å². The number of ketones is 1. The summed E-state index contributed by atoms with van der Waals surface area (Å²) in [5.74, 6) is -0.695. The molecule has 0 fully saturated rings. The second kappa shape index (κ2) is 8.92. The molecule has 0 saturated carbocycles. The Kier molecular flexibility index (Phi) is 6.87. The fourth-order valence-electron chi connectivity index (χ4n) is 2.56. The van der Waals surface area contributed by atoms with Crippen LogP contribution in [0.1, 0.15) is 29.8 Å². The van der Waals surface area contributed by atoms with Gasteiger partial charge in [0.25, 0.3) is 0 Å². The van der Waals surface area contributed by atoms with Gasteiger partial charge in [0, 0.05) is 18.7 Å². The number of benzene rings is 2. The van der Waals surface area contributed by atoms with Crippen LogP contribution in [-0.4, -0.2) is 38.7 Å². The quantitative estimate of drug-likeness (QED) is 0.508. The van der Waals surface area contributed by atoms with Gasteiger partial charge in [-0.1, -0.05) is 26.0 Å². The third-order valence-electron chi connectivity index (χ3n) is 4.09. The first-order valence-electron chi connectivity index (χ1n) is 8.49. The summed E-state index contributed by atoms with van der Waals surface area (Å²) in [5.41, 5.74) is 0.862. The lowest BCUT2D eigenvalue weighted by molar-refractivity contribution is 0.104. The molecule has 2 aromatic rings. The molecule has 0 bridgehead atoms. The van der Waals surface area contributed by atoms with Crippen LogP contribution in [0.4, 0.5) is 4.39 Å². The Morgan fingerprint density at radius 1 is 1.11 bits per heavy atom. The van der Waals surface area contributed by atoms with Crippen LogP contribution in [0.3, 0.4) is 0 Å². The zero-order valence-corrected chi connectivity index (χ0v) is 16.3. The van der Waals surface area contributed by atoms with Crippen LogP contribution in [0, 0.1) is 5.82 Å². The van der Waals surface area contributed by atoms with E-state index in [1.54, 1.807) is 19.9 Å². The number of allylic oxidation sites excluding steroid dienone is 1. The molecule has 0 aliphatic heterocycles. The van der Waals surface area contributed by atoms with Crippen LogP contribution in [0.5, 0.6) is 5.75 Å². The Morgan fingerprint density at radius 2 is 1.74 bits per heavy atom. The second-order valence-corrected chi connectivity index (χ2v) is 7.64. The van der Waals surface area contributed by atoms with Crippen molar-refractivity contribution in [3.63, 3.8) is 0 Å². The minimum Gasteiger partial charge on any atom is -0.494 e. The van der Waals surface area contributed by atoms with Crippen molar-refractivity contribution in [3.8, 4) is 5.75 Å². The predicted molar refractivity (Wildman–Crippen MR) is 103 cm³/mol. The third-order valence-corrected chi connectivity index (χ3v) is 6.15. The first-order chi connectivity index (χ1) is 12.8. The molecule has 0 heterocycles. The molecule has 144 valence electrons. The number of rotatable bonds is 8. The van der Waals surface area contributed by atoms with Gasteiger partial charge in [-0.05, 0) is 48.0 Å². The van der Waals surface area contributed by atoms with Gasteiger partial charge < -0.3 is 4.74 Å². The summed E-state index contributed by atoms with van der Waals surface area (Å²) >= 11 is 0. The van der Waals surface area contributed by atoms with Gasteiger partial charge in [0.05, 0.1) is 12.0 Å². The van der Waals surface area contributed by atoms with Crippen LogP contribution >= 0.6 is 0 Å². The second-order valence-electron chi connectivity index (χ2n) is 5.71. The van der Waals surface area contributed by atoms with E-state index in [9.17, 15) is 17.6 Å². The van der Waals surface area contributed by atoms with Gasteiger partial charge in [-0.3, -0.25) is 4.79 Å². The van der Waals surface area contributed by atoms with Gasteiger partial charge in [0.2, 0.25) is 10.0 Å². The number of carbonyl (C=O) groups is 1. The Balaban J connectivity index is 2.17. The van der Waals surface area contributed by atoms with E-state index < -0.39 is 15.8 Å². The number of carbonyl (C=O) groups excluding carboxylic acids is 1. The van der Waals surface area contributed by atoms with E-state index in [0.717, 1.165) is 0 Å². The van der Waals surface area contributed by atoms with Crippen LogP contribution < -0.4 is 4.74 Å². The molecule has 27 heavy (non-hydrogen) atoms. The average molecular weight is 391 g/mol. The number of ether oxygens (including phenoxy) is 1. The van der Waals surface area contributed by atoms with Crippen molar-refractivity contribution in [3.05, 3.63) is 65.5 Å². The average Bonchev–Trinajstić information content (AvgIpc) is 2.67. The Morgan fingerprint density at radius 3 is 2.26 bits per heavy atom. The molecule has 2 rings (SSSR count). The van der Waals surface area contributed by atoms with Crippen LogP contribution in [0.2, 0.25) is 0 Å². The molecule has 0 atom stereocenters. The first-order valence-corrected chi connectivity index (χ1v) is 9.93. The number of hydrogen-bond donors (Lipinski definition) is 0. The molecular formula is C20H22FNO4S. The molecule has 0 aliphatic rings. The standard InChI is InChI=1S/C20H22FNO4S/c1-4-22(5-2)27(24,25)17-10-8-16(9-11-17)19(23)12-6-15-7-13-20(26-3)18(21)14-15/h6-14H,4-5H2,1-3H3/b12-6+. The Bertz CT molecular complexity index is 933.